The predicted molar refractivity (Wildman–Crippen MR) is 154 cm³/mol. The second-order valence-corrected chi connectivity index (χ2v) is 11.5. The third kappa shape index (κ3) is 2.65. The van der Waals surface area contributed by atoms with Crippen LogP contribution in [0.1, 0.15) is 46.8 Å². The number of hydrogen-bond acceptors (Lipinski definition) is 4. The summed E-state index contributed by atoms with van der Waals surface area (Å²) in [5.74, 6) is -1.31. The monoisotopic (exact) mass is 527 g/mol. The quantitative estimate of drug-likeness (QED) is 0.349. The Morgan fingerprint density at radius 2 is 1.60 bits per heavy atom. The molecule has 4 aliphatic rings. The highest BCUT2D eigenvalue weighted by molar-refractivity contribution is 6.21. The third-order valence-corrected chi connectivity index (χ3v) is 9.89. The van der Waals surface area contributed by atoms with Crippen molar-refractivity contribution in [2.75, 3.05) is 17.2 Å². The van der Waals surface area contributed by atoms with Crippen molar-refractivity contribution >= 4 is 39.7 Å². The van der Waals surface area contributed by atoms with Crippen LogP contribution in [0.5, 0.6) is 0 Å². The predicted octanol–water partition coefficient (Wildman–Crippen LogP) is 5.42. The average Bonchev–Trinajstić information content (AvgIpc) is 3.70. The highest BCUT2D eigenvalue weighted by atomic mass is 16.2. The van der Waals surface area contributed by atoms with E-state index in [9.17, 15) is 14.4 Å². The van der Waals surface area contributed by atoms with Crippen LogP contribution in [0.4, 0.5) is 11.4 Å². The molecule has 6 nitrogen and oxygen atoms in total. The van der Waals surface area contributed by atoms with Gasteiger partial charge in [0, 0.05) is 28.5 Å². The molecule has 0 aromatic heterocycles. The van der Waals surface area contributed by atoms with E-state index in [2.05, 4.69) is 28.5 Å². The molecule has 4 heterocycles. The number of benzene rings is 4. The highest BCUT2D eigenvalue weighted by Gasteiger charge is 2.81. The van der Waals surface area contributed by atoms with Gasteiger partial charge in [0.25, 0.3) is 5.91 Å². The summed E-state index contributed by atoms with van der Waals surface area (Å²) in [7, 11) is 0. The van der Waals surface area contributed by atoms with E-state index < -0.39 is 16.9 Å². The summed E-state index contributed by atoms with van der Waals surface area (Å²) in [6.07, 6.45) is 2.42. The first-order chi connectivity index (χ1) is 19.5. The topological polar surface area (TPSA) is 78.5 Å². The molecule has 4 aromatic carbocycles. The van der Waals surface area contributed by atoms with Gasteiger partial charge in [-0.1, -0.05) is 73.7 Å². The molecule has 2 N–H and O–H groups in total. The normalized spacial score (nSPS) is 28.1. The van der Waals surface area contributed by atoms with E-state index in [0.29, 0.717) is 17.8 Å². The lowest BCUT2D eigenvalue weighted by Crippen LogP contribution is -2.62. The van der Waals surface area contributed by atoms with E-state index in [0.717, 1.165) is 52.4 Å². The van der Waals surface area contributed by atoms with Crippen molar-refractivity contribution < 1.29 is 14.4 Å². The number of carbonyl (C=O) groups excluding carboxylic acids is 3. The number of Topliss-reactive ketones (excluding diaryl/α,β-unsaturated/α-hetero) is 1. The van der Waals surface area contributed by atoms with Gasteiger partial charge < -0.3 is 10.6 Å². The van der Waals surface area contributed by atoms with Crippen LogP contribution >= 0.6 is 0 Å². The number of aryl methyl sites for hydroxylation is 1. The summed E-state index contributed by atoms with van der Waals surface area (Å²) in [6.45, 7) is 2.73. The van der Waals surface area contributed by atoms with Gasteiger partial charge in [0.1, 0.15) is 11.0 Å². The zero-order chi connectivity index (χ0) is 27.2. The van der Waals surface area contributed by atoms with E-state index in [-0.39, 0.29) is 23.6 Å². The molecular formula is C34H29N3O3. The van der Waals surface area contributed by atoms with Crippen molar-refractivity contribution in [1.82, 2.24) is 4.90 Å². The van der Waals surface area contributed by atoms with Crippen LogP contribution in [0.2, 0.25) is 0 Å². The van der Waals surface area contributed by atoms with E-state index in [1.165, 1.54) is 0 Å². The summed E-state index contributed by atoms with van der Waals surface area (Å²) >= 11 is 0. The molecule has 0 radical (unpaired) electrons. The number of hydrogen-bond donors (Lipinski definition) is 2. The van der Waals surface area contributed by atoms with Crippen LogP contribution in [0.3, 0.4) is 0 Å². The van der Waals surface area contributed by atoms with Crippen LogP contribution in [-0.2, 0) is 27.0 Å². The SMILES string of the molecule is CCc1ccc2c(c1)[C@]1(C(=O)N2)N2CCC[C@@H]2[C@@H](C(=O)c2ccc3ccccc3c2)[C@@]12C(=O)Nc1ccccc12. The van der Waals surface area contributed by atoms with Gasteiger partial charge in [0.05, 0.1) is 5.92 Å². The minimum Gasteiger partial charge on any atom is -0.325 e. The number of carbonyl (C=O) groups is 3. The van der Waals surface area contributed by atoms with Crippen molar-refractivity contribution in [2.24, 2.45) is 5.92 Å². The molecule has 4 aliphatic heterocycles. The first-order valence-corrected chi connectivity index (χ1v) is 14.2. The Hall–Kier alpha value is -4.29. The second kappa shape index (κ2) is 8.12. The molecule has 4 atom stereocenters. The Balaban J connectivity index is 1.45. The fraction of sp³-hybridized carbons (Fsp3) is 0.265. The third-order valence-electron chi connectivity index (χ3n) is 9.89. The summed E-state index contributed by atoms with van der Waals surface area (Å²) in [6, 6.07) is 27.2. The largest absolute Gasteiger partial charge is 0.325 e. The zero-order valence-corrected chi connectivity index (χ0v) is 22.2. The van der Waals surface area contributed by atoms with Crippen molar-refractivity contribution in [2.45, 2.75) is 43.2 Å². The van der Waals surface area contributed by atoms with Crippen molar-refractivity contribution in [3.05, 3.63) is 107 Å². The van der Waals surface area contributed by atoms with E-state index in [4.69, 9.17) is 0 Å². The molecule has 40 heavy (non-hydrogen) atoms. The Kier molecular flexibility index (Phi) is 4.79. The molecule has 198 valence electrons. The van der Waals surface area contributed by atoms with Gasteiger partial charge in [-0.05, 0) is 65.9 Å². The van der Waals surface area contributed by atoms with Gasteiger partial charge in [-0.2, -0.15) is 0 Å². The minimum absolute atomic E-state index is 0.0840. The van der Waals surface area contributed by atoms with E-state index in [1.807, 2.05) is 78.9 Å². The van der Waals surface area contributed by atoms with Crippen molar-refractivity contribution in [3.63, 3.8) is 0 Å². The van der Waals surface area contributed by atoms with Gasteiger partial charge in [-0.25, -0.2) is 0 Å². The lowest BCUT2D eigenvalue weighted by molar-refractivity contribution is -0.137. The van der Waals surface area contributed by atoms with Crippen LogP contribution < -0.4 is 10.6 Å². The Morgan fingerprint density at radius 3 is 2.45 bits per heavy atom. The fourth-order valence-electron chi connectivity index (χ4n) is 8.37. The minimum atomic E-state index is -1.42. The molecule has 0 aliphatic carbocycles. The molecule has 2 saturated heterocycles. The Morgan fingerprint density at radius 1 is 0.850 bits per heavy atom. The van der Waals surface area contributed by atoms with Gasteiger partial charge in [0.15, 0.2) is 5.78 Å². The first-order valence-electron chi connectivity index (χ1n) is 14.2. The molecule has 8 rings (SSSR count). The molecule has 2 fully saturated rings. The lowest BCUT2D eigenvalue weighted by Gasteiger charge is -2.43. The molecular weight excluding hydrogens is 498 g/mol. The van der Waals surface area contributed by atoms with Gasteiger partial charge in [-0.3, -0.25) is 19.3 Å². The molecule has 2 amide bonds. The molecule has 0 bridgehead atoms. The standard InChI is InChI=1S/C34H29N3O3/c1-2-20-13-16-27-25(18-20)34(32(40)36-27)33(24-10-5-6-11-26(24)35-31(33)39)29(28-12-7-17-37(28)34)30(38)23-15-14-21-8-3-4-9-22(21)19-23/h3-6,8-11,13-16,18-19,28-29H,2,7,12,17H2,1H3,(H,35,39)(H,36,40)/t28-,29+,33+,34-/m1/s1. The average molecular weight is 528 g/mol. The molecule has 0 saturated carbocycles. The van der Waals surface area contributed by atoms with Crippen molar-refractivity contribution in [1.29, 1.82) is 0 Å². The maximum atomic E-state index is 14.9. The summed E-state index contributed by atoms with van der Waals surface area (Å²) in [5, 5.41) is 8.30. The maximum Gasteiger partial charge on any atom is 0.251 e. The smallest absolute Gasteiger partial charge is 0.251 e. The lowest BCUT2D eigenvalue weighted by atomic mass is 9.57. The highest BCUT2D eigenvalue weighted by Crippen LogP contribution is 2.67. The number of amides is 2. The Labute approximate surface area is 232 Å². The molecule has 4 aromatic rings. The number of nitrogens with one attached hydrogen (secondary N) is 2. The summed E-state index contributed by atoms with van der Waals surface area (Å²) in [5.41, 5.74) is 1.87. The first kappa shape index (κ1) is 23.6. The van der Waals surface area contributed by atoms with Gasteiger partial charge in [-0.15, -0.1) is 0 Å². The number of ketones is 1. The van der Waals surface area contributed by atoms with Crippen LogP contribution in [0, 0.1) is 5.92 Å². The second-order valence-electron chi connectivity index (χ2n) is 11.5. The number of para-hydroxylation sites is 1. The van der Waals surface area contributed by atoms with Crippen LogP contribution in [-0.4, -0.2) is 35.1 Å². The van der Waals surface area contributed by atoms with Gasteiger partial charge >= 0.3 is 0 Å². The van der Waals surface area contributed by atoms with E-state index in [1.54, 1.807) is 0 Å². The number of fused-ring (bicyclic) bond motifs is 8. The number of anilines is 2. The number of rotatable bonds is 3. The van der Waals surface area contributed by atoms with E-state index >= 15 is 0 Å². The number of nitrogens with zero attached hydrogens (tertiary/aromatic N) is 1. The van der Waals surface area contributed by atoms with Crippen molar-refractivity contribution in [3.8, 4) is 0 Å². The molecule has 6 heteroatoms. The summed E-state index contributed by atoms with van der Waals surface area (Å²) < 4.78 is 0. The van der Waals surface area contributed by atoms with Crippen LogP contribution in [0.15, 0.2) is 84.9 Å². The van der Waals surface area contributed by atoms with Crippen LogP contribution in [0.25, 0.3) is 10.8 Å². The Bertz CT molecular complexity index is 1780. The molecule has 0 unspecified atom stereocenters. The summed E-state index contributed by atoms with van der Waals surface area (Å²) in [4.78, 5) is 46.3. The van der Waals surface area contributed by atoms with Gasteiger partial charge in [0.2, 0.25) is 5.91 Å². The fourth-order valence-corrected chi connectivity index (χ4v) is 8.37. The maximum absolute atomic E-state index is 14.9. The zero-order valence-electron chi connectivity index (χ0n) is 22.2. The molecule has 2 spiro atoms.